The lowest BCUT2D eigenvalue weighted by Gasteiger charge is -2.38. The van der Waals surface area contributed by atoms with Gasteiger partial charge in [0.1, 0.15) is 23.9 Å². The SMILES string of the molecule is CC(C)(C)C1=Nc2sc(C(C)(C)C)cc2C1.CC(C)N1CC(=O)N(C(C)C)CC1=O.CC(C)c1cc2c(s1)CN(C(C)C)S2(=O)=O.CC(C)c1cc2sc(C(C)C)cc2s1.CC(C)c1nc2ccc(C(C)(C)C)cc2[nH]1. The molecule has 9 rings (SSSR count). The van der Waals surface area contributed by atoms with Gasteiger partial charge in [0.2, 0.25) is 21.8 Å². The molecule has 0 bridgehead atoms. The molecule has 8 heterocycles. The van der Waals surface area contributed by atoms with Crippen molar-refractivity contribution in [1.82, 2.24) is 24.1 Å². The molecule has 5 aromatic heterocycles. The summed E-state index contributed by atoms with van der Waals surface area (Å²) in [6.07, 6.45) is 1.05. The number of fused-ring (bicyclic) bond motifs is 4. The summed E-state index contributed by atoms with van der Waals surface area (Å²) in [5, 5.41) is 1.25. The Morgan fingerprint density at radius 2 is 1.07 bits per heavy atom. The van der Waals surface area contributed by atoms with Crippen molar-refractivity contribution in [1.29, 1.82) is 0 Å². The Morgan fingerprint density at radius 3 is 1.46 bits per heavy atom. The first-order valence-electron chi connectivity index (χ1n) is 27.4. The largest absolute Gasteiger partial charge is 0.342 e. The quantitative estimate of drug-likeness (QED) is 0.171. The predicted octanol–water partition coefficient (Wildman–Crippen LogP) is 17.2. The molecular formula is C61H92N6O4S5. The number of hydrogen-bond acceptors (Lipinski definition) is 10. The van der Waals surface area contributed by atoms with Crippen LogP contribution in [0.3, 0.4) is 0 Å². The van der Waals surface area contributed by atoms with E-state index in [-0.39, 0.29) is 59.3 Å². The highest BCUT2D eigenvalue weighted by Crippen LogP contribution is 2.44. The van der Waals surface area contributed by atoms with Gasteiger partial charge in [0.05, 0.1) is 15.9 Å². The second-order valence-corrected chi connectivity index (χ2v) is 32.0. The van der Waals surface area contributed by atoms with Crippen LogP contribution in [0, 0.1) is 5.41 Å². The molecule has 76 heavy (non-hydrogen) atoms. The van der Waals surface area contributed by atoms with Crippen molar-refractivity contribution in [3.05, 3.63) is 83.8 Å². The number of carbonyl (C=O) groups excluding carboxylic acids is 2. The minimum Gasteiger partial charge on any atom is -0.342 e. The number of benzene rings is 1. The third-order valence-corrected chi connectivity index (χ3v) is 21.6. The van der Waals surface area contributed by atoms with Gasteiger partial charge in [-0.25, -0.2) is 18.4 Å². The zero-order valence-corrected chi connectivity index (χ0v) is 54.4. The number of piperazine rings is 1. The second kappa shape index (κ2) is 24.7. The molecule has 2 amide bonds. The number of imidazole rings is 1. The number of sulfonamides is 1. The Hall–Kier alpha value is -3.73. The number of aromatic amines is 1. The van der Waals surface area contributed by atoms with Gasteiger partial charge in [-0.05, 0) is 118 Å². The molecule has 3 aliphatic rings. The second-order valence-electron chi connectivity index (χ2n) is 25.7. The molecule has 0 spiro atoms. The molecule has 420 valence electrons. The van der Waals surface area contributed by atoms with E-state index in [1.807, 2.05) is 81.6 Å². The Kier molecular flexibility index (Phi) is 20.5. The predicted molar refractivity (Wildman–Crippen MR) is 330 cm³/mol. The van der Waals surface area contributed by atoms with E-state index in [9.17, 15) is 18.0 Å². The maximum Gasteiger partial charge on any atom is 0.244 e. The standard InChI is InChI=1S/C14H20N2.C14H21NS.C12H16S2.C11H17NO2S2.C10H18N2O2/c1-9(2)13-15-11-7-6-10(14(3,4)5)8-12(11)16-13;1-13(2,3)10-7-9-8-11(14(4,5)6)16-12(9)15-10;1-7(2)9-5-11-12(13-9)6-10(14-11)8(3)4;1-7(2)9-5-11-10(15-9)6-12(8(3)4)16(11,13)14;1-7(2)11-5-10(14)12(8(3)4)6-9(11)13/h6-9H,1-5H3,(H,15,16);8H,7H2,1-6H3;5-8H,1-4H3;5,7-8H,6H2,1-4H3;7-8H,5-6H2,1-4H3. The monoisotopic (exact) mass is 1130 g/mol. The highest BCUT2D eigenvalue weighted by Gasteiger charge is 2.38. The third kappa shape index (κ3) is 15.5. The third-order valence-electron chi connectivity index (χ3n) is 13.6. The van der Waals surface area contributed by atoms with Crippen LogP contribution >= 0.6 is 45.3 Å². The topological polar surface area (TPSA) is 119 Å². The summed E-state index contributed by atoms with van der Waals surface area (Å²) in [4.78, 5) is 46.5. The zero-order chi connectivity index (χ0) is 57.3. The summed E-state index contributed by atoms with van der Waals surface area (Å²) in [6.45, 7) is 50.3. The molecular weight excluding hydrogens is 1040 g/mol. The van der Waals surface area contributed by atoms with Gasteiger partial charge < -0.3 is 14.8 Å². The average molecular weight is 1130 g/mol. The Labute approximate surface area is 474 Å². The van der Waals surface area contributed by atoms with Crippen molar-refractivity contribution in [3.63, 3.8) is 0 Å². The molecule has 10 nitrogen and oxygen atoms in total. The Morgan fingerprint density at radius 1 is 0.566 bits per heavy atom. The maximum atomic E-state index is 12.2. The van der Waals surface area contributed by atoms with Crippen molar-refractivity contribution < 1.29 is 18.0 Å². The summed E-state index contributed by atoms with van der Waals surface area (Å²) in [5.41, 5.74) is 6.98. The normalized spacial score (nSPS) is 15.9. The number of amides is 2. The minimum atomic E-state index is -3.21. The van der Waals surface area contributed by atoms with E-state index >= 15 is 0 Å². The maximum absolute atomic E-state index is 12.2. The molecule has 0 unspecified atom stereocenters. The first kappa shape index (κ1) is 63.1. The number of carbonyl (C=O) groups is 2. The van der Waals surface area contributed by atoms with E-state index in [1.165, 1.54) is 45.9 Å². The summed E-state index contributed by atoms with van der Waals surface area (Å²) in [5.74, 6) is 3.36. The van der Waals surface area contributed by atoms with Gasteiger partial charge in [-0.1, -0.05) is 124 Å². The summed E-state index contributed by atoms with van der Waals surface area (Å²) in [7, 11) is -3.21. The van der Waals surface area contributed by atoms with Gasteiger partial charge in [0, 0.05) is 81.9 Å². The molecule has 1 aromatic carbocycles. The van der Waals surface area contributed by atoms with E-state index in [4.69, 9.17) is 4.99 Å². The van der Waals surface area contributed by atoms with Crippen molar-refractivity contribution in [2.75, 3.05) is 13.1 Å². The van der Waals surface area contributed by atoms with Crippen LogP contribution in [0.25, 0.3) is 20.4 Å². The number of nitrogens with zero attached hydrogens (tertiary/aromatic N) is 5. The van der Waals surface area contributed by atoms with Crippen molar-refractivity contribution in [2.24, 2.45) is 10.4 Å². The number of nitrogens with one attached hydrogen (secondary N) is 1. The first-order valence-corrected chi connectivity index (χ1v) is 32.1. The fraction of sp³-hybridized carbons (Fsp3) is 0.607. The summed E-state index contributed by atoms with van der Waals surface area (Å²) >= 11 is 7.40. The van der Waals surface area contributed by atoms with Crippen LogP contribution in [0.1, 0.15) is 224 Å². The van der Waals surface area contributed by atoms with Crippen molar-refractivity contribution >= 4 is 98.3 Å². The van der Waals surface area contributed by atoms with Crippen LogP contribution in [0.5, 0.6) is 0 Å². The Balaban J connectivity index is 0.000000176. The van der Waals surface area contributed by atoms with Crippen molar-refractivity contribution in [3.8, 4) is 0 Å². The van der Waals surface area contributed by atoms with Crippen molar-refractivity contribution in [2.45, 2.75) is 230 Å². The summed E-state index contributed by atoms with van der Waals surface area (Å²) < 4.78 is 28.9. The molecule has 0 saturated carbocycles. The highest BCUT2D eigenvalue weighted by molar-refractivity contribution is 7.89. The lowest BCUT2D eigenvalue weighted by molar-refractivity contribution is -0.153. The van der Waals surface area contributed by atoms with Crippen LogP contribution in [0.4, 0.5) is 5.00 Å². The van der Waals surface area contributed by atoms with E-state index in [0.717, 1.165) is 33.0 Å². The highest BCUT2D eigenvalue weighted by atomic mass is 32.2. The van der Waals surface area contributed by atoms with E-state index in [2.05, 4.69) is 164 Å². The summed E-state index contributed by atoms with van der Waals surface area (Å²) in [6, 6.07) is 15.7. The number of thiophene rings is 4. The number of aromatic nitrogens is 2. The van der Waals surface area contributed by atoms with Gasteiger partial charge in [-0.3, -0.25) is 9.59 Å². The molecule has 1 saturated heterocycles. The number of hydrogen-bond donors (Lipinski definition) is 1. The fourth-order valence-corrected chi connectivity index (χ4v) is 15.4. The molecule has 3 aliphatic heterocycles. The molecule has 0 atom stereocenters. The van der Waals surface area contributed by atoms with E-state index in [1.54, 1.807) is 25.4 Å². The first-order chi connectivity index (χ1) is 34.9. The molecule has 6 aromatic rings. The van der Waals surface area contributed by atoms with Crippen LogP contribution in [0.15, 0.2) is 52.4 Å². The smallest absolute Gasteiger partial charge is 0.244 e. The number of H-pyrrole nitrogens is 1. The van der Waals surface area contributed by atoms with Gasteiger partial charge in [-0.15, -0.1) is 45.3 Å². The van der Waals surface area contributed by atoms with Gasteiger partial charge >= 0.3 is 0 Å². The Bertz CT molecular complexity index is 2980. The molecule has 1 N–H and O–H groups in total. The fourth-order valence-electron chi connectivity index (χ4n) is 8.45. The van der Waals surface area contributed by atoms with Crippen LogP contribution in [-0.4, -0.2) is 81.2 Å². The zero-order valence-electron chi connectivity index (χ0n) is 50.3. The van der Waals surface area contributed by atoms with Gasteiger partial charge in [0.25, 0.3) is 0 Å². The molecule has 1 fully saturated rings. The van der Waals surface area contributed by atoms with E-state index in [0.29, 0.717) is 35.1 Å². The molecule has 15 heteroatoms. The lowest BCUT2D eigenvalue weighted by atomic mass is 9.87. The van der Waals surface area contributed by atoms with Crippen LogP contribution < -0.4 is 0 Å². The molecule has 0 radical (unpaired) electrons. The number of aliphatic imine (C=N–C) groups is 1. The molecule has 0 aliphatic carbocycles. The van der Waals surface area contributed by atoms with E-state index < -0.39 is 10.0 Å². The number of rotatable bonds is 7. The van der Waals surface area contributed by atoms with Crippen LogP contribution in [-0.2, 0) is 43.4 Å². The average Bonchev–Trinajstić information content (AvgIpc) is 4.14. The van der Waals surface area contributed by atoms with Gasteiger partial charge in [-0.2, -0.15) is 4.31 Å². The minimum absolute atomic E-state index is 0.0344. The van der Waals surface area contributed by atoms with Gasteiger partial charge in [0.15, 0.2) is 0 Å². The lowest BCUT2D eigenvalue weighted by Crippen LogP contribution is -2.57. The van der Waals surface area contributed by atoms with Crippen LogP contribution in [0.2, 0.25) is 0 Å².